The van der Waals surface area contributed by atoms with Gasteiger partial charge in [0.25, 0.3) is 0 Å². The van der Waals surface area contributed by atoms with Crippen LogP contribution in [0.25, 0.3) is 10.9 Å². The average Bonchev–Trinajstić information content (AvgIpc) is 3.26. The standard InChI is InChI=1S/C18H20FN5O2/c1-23-9-15(21-22-23)12-8-24(10-18(12)26-3)16-4-5-20-14-7-13(19)17(25-2)6-11(14)16/h4-7,9,12,18H,8,10H2,1-3H3/t12-,18+/m0/s1. The van der Waals surface area contributed by atoms with Crippen LogP contribution in [0.1, 0.15) is 11.6 Å². The van der Waals surface area contributed by atoms with Crippen molar-refractivity contribution in [1.82, 2.24) is 20.0 Å². The Labute approximate surface area is 150 Å². The maximum absolute atomic E-state index is 14.0. The van der Waals surface area contributed by atoms with E-state index in [9.17, 15) is 4.39 Å². The van der Waals surface area contributed by atoms with Crippen molar-refractivity contribution in [2.45, 2.75) is 12.0 Å². The first-order chi connectivity index (χ1) is 12.6. The van der Waals surface area contributed by atoms with Crippen LogP contribution in [0.3, 0.4) is 0 Å². The SMILES string of the molecule is COc1cc2c(N3C[C@@H](OC)[C@H](c4cn(C)nn4)C3)ccnc2cc1F. The molecule has 1 aliphatic rings. The number of ether oxygens (including phenoxy) is 2. The van der Waals surface area contributed by atoms with Crippen LogP contribution >= 0.6 is 0 Å². The van der Waals surface area contributed by atoms with E-state index in [2.05, 4.69) is 20.2 Å². The van der Waals surface area contributed by atoms with E-state index in [0.717, 1.165) is 23.3 Å². The first kappa shape index (κ1) is 16.7. The minimum atomic E-state index is -0.418. The minimum absolute atomic E-state index is 0.00254. The minimum Gasteiger partial charge on any atom is -0.494 e. The van der Waals surface area contributed by atoms with Gasteiger partial charge in [-0.25, -0.2) is 4.39 Å². The van der Waals surface area contributed by atoms with E-state index >= 15 is 0 Å². The van der Waals surface area contributed by atoms with Gasteiger partial charge in [-0.15, -0.1) is 5.10 Å². The number of halogens is 1. The number of nitrogens with zero attached hydrogens (tertiary/aromatic N) is 5. The highest BCUT2D eigenvalue weighted by Gasteiger charge is 2.36. The molecule has 2 atom stereocenters. The molecule has 0 bridgehead atoms. The van der Waals surface area contributed by atoms with Crippen molar-refractivity contribution in [1.29, 1.82) is 0 Å². The lowest BCUT2D eigenvalue weighted by Crippen LogP contribution is -2.22. The molecule has 1 saturated heterocycles. The molecule has 3 aromatic rings. The van der Waals surface area contributed by atoms with Gasteiger partial charge in [0.1, 0.15) is 0 Å². The van der Waals surface area contributed by atoms with E-state index in [1.165, 1.54) is 13.2 Å². The zero-order valence-corrected chi connectivity index (χ0v) is 14.9. The smallest absolute Gasteiger partial charge is 0.167 e. The molecule has 0 amide bonds. The molecule has 4 rings (SSSR count). The van der Waals surface area contributed by atoms with Crippen molar-refractivity contribution in [2.24, 2.45) is 7.05 Å². The van der Waals surface area contributed by atoms with Crippen LogP contribution in [-0.2, 0) is 11.8 Å². The maximum Gasteiger partial charge on any atom is 0.167 e. The monoisotopic (exact) mass is 357 g/mol. The maximum atomic E-state index is 14.0. The van der Waals surface area contributed by atoms with Crippen LogP contribution in [0.2, 0.25) is 0 Å². The van der Waals surface area contributed by atoms with E-state index in [1.807, 2.05) is 19.3 Å². The van der Waals surface area contributed by atoms with Crippen LogP contribution in [-0.4, -0.2) is 53.4 Å². The summed E-state index contributed by atoms with van der Waals surface area (Å²) in [6.45, 7) is 1.44. The second-order valence-corrected chi connectivity index (χ2v) is 6.44. The molecule has 0 N–H and O–H groups in total. The van der Waals surface area contributed by atoms with Gasteiger partial charge in [0.2, 0.25) is 0 Å². The lowest BCUT2D eigenvalue weighted by Gasteiger charge is -2.20. The average molecular weight is 357 g/mol. The van der Waals surface area contributed by atoms with Gasteiger partial charge in [0, 0.05) is 56.8 Å². The van der Waals surface area contributed by atoms with Gasteiger partial charge in [0.15, 0.2) is 11.6 Å². The lowest BCUT2D eigenvalue weighted by atomic mass is 10.0. The van der Waals surface area contributed by atoms with Crippen LogP contribution in [0.4, 0.5) is 10.1 Å². The second kappa shape index (κ2) is 6.53. The van der Waals surface area contributed by atoms with Crippen molar-refractivity contribution < 1.29 is 13.9 Å². The third-order valence-corrected chi connectivity index (χ3v) is 4.90. The highest BCUT2D eigenvalue weighted by Crippen LogP contribution is 2.36. The molecule has 7 nitrogen and oxygen atoms in total. The van der Waals surface area contributed by atoms with Crippen LogP contribution in [0.5, 0.6) is 5.75 Å². The van der Waals surface area contributed by atoms with Gasteiger partial charge >= 0.3 is 0 Å². The molecule has 1 fully saturated rings. The Morgan fingerprint density at radius 1 is 1.23 bits per heavy atom. The molecule has 1 aliphatic heterocycles. The predicted octanol–water partition coefficient (Wildman–Crippen LogP) is 2.13. The summed E-state index contributed by atoms with van der Waals surface area (Å²) in [5.41, 5.74) is 2.48. The molecular formula is C18H20FN5O2. The number of methoxy groups -OCH3 is 2. The Morgan fingerprint density at radius 2 is 2.08 bits per heavy atom. The Bertz CT molecular complexity index is 944. The summed E-state index contributed by atoms with van der Waals surface area (Å²) < 4.78 is 26.5. The van der Waals surface area contributed by atoms with Gasteiger partial charge in [-0.05, 0) is 12.1 Å². The summed E-state index contributed by atoms with van der Waals surface area (Å²) in [6.07, 6.45) is 3.61. The highest BCUT2D eigenvalue weighted by molar-refractivity contribution is 5.93. The van der Waals surface area contributed by atoms with Gasteiger partial charge in [-0.1, -0.05) is 5.21 Å². The number of hydrogen-bond acceptors (Lipinski definition) is 6. The number of benzene rings is 1. The first-order valence-electron chi connectivity index (χ1n) is 8.37. The van der Waals surface area contributed by atoms with E-state index in [4.69, 9.17) is 9.47 Å². The largest absolute Gasteiger partial charge is 0.494 e. The van der Waals surface area contributed by atoms with E-state index < -0.39 is 5.82 Å². The fraction of sp³-hybridized carbons (Fsp3) is 0.389. The second-order valence-electron chi connectivity index (χ2n) is 6.44. The van der Waals surface area contributed by atoms with Crippen LogP contribution < -0.4 is 9.64 Å². The molecule has 1 aromatic carbocycles. The summed E-state index contributed by atoms with van der Waals surface area (Å²) >= 11 is 0. The Balaban J connectivity index is 1.73. The number of pyridine rings is 1. The van der Waals surface area contributed by atoms with Crippen molar-refractivity contribution >= 4 is 16.6 Å². The van der Waals surface area contributed by atoms with Crippen molar-refractivity contribution in [3.63, 3.8) is 0 Å². The summed E-state index contributed by atoms with van der Waals surface area (Å²) in [4.78, 5) is 6.51. The Kier molecular flexibility index (Phi) is 4.20. The number of rotatable bonds is 4. The topological polar surface area (TPSA) is 65.3 Å². The van der Waals surface area contributed by atoms with Gasteiger partial charge in [0.05, 0.1) is 30.3 Å². The summed E-state index contributed by atoms with van der Waals surface area (Å²) in [5, 5.41) is 9.13. The third kappa shape index (κ3) is 2.76. The van der Waals surface area contributed by atoms with Crippen LogP contribution in [0, 0.1) is 5.82 Å². The number of hydrogen-bond donors (Lipinski definition) is 0. The normalized spacial score (nSPS) is 20.1. The van der Waals surface area contributed by atoms with Gasteiger partial charge in [-0.3, -0.25) is 9.67 Å². The van der Waals surface area contributed by atoms with E-state index in [0.29, 0.717) is 12.1 Å². The fourth-order valence-electron chi connectivity index (χ4n) is 3.59. The third-order valence-electron chi connectivity index (χ3n) is 4.90. The van der Waals surface area contributed by atoms with Crippen molar-refractivity contribution in [3.05, 3.63) is 42.1 Å². The van der Waals surface area contributed by atoms with Gasteiger partial charge in [-0.2, -0.15) is 0 Å². The Hall–Kier alpha value is -2.74. The number of anilines is 1. The molecule has 8 heteroatoms. The van der Waals surface area contributed by atoms with Crippen molar-refractivity contribution in [3.8, 4) is 5.75 Å². The zero-order valence-electron chi connectivity index (χ0n) is 14.9. The molecule has 0 spiro atoms. The summed E-state index contributed by atoms with van der Waals surface area (Å²) in [6, 6.07) is 5.04. The van der Waals surface area contributed by atoms with Gasteiger partial charge < -0.3 is 14.4 Å². The van der Waals surface area contributed by atoms with E-state index in [-0.39, 0.29) is 17.8 Å². The fourth-order valence-corrected chi connectivity index (χ4v) is 3.59. The summed E-state index contributed by atoms with van der Waals surface area (Å²) in [7, 11) is 5.02. The quantitative estimate of drug-likeness (QED) is 0.713. The zero-order chi connectivity index (χ0) is 18.3. The summed E-state index contributed by atoms with van der Waals surface area (Å²) in [5.74, 6) is -0.0998. The molecule has 0 unspecified atom stereocenters. The Morgan fingerprint density at radius 3 is 2.77 bits per heavy atom. The molecular weight excluding hydrogens is 337 g/mol. The van der Waals surface area contributed by atoms with Crippen LogP contribution in [0.15, 0.2) is 30.6 Å². The van der Waals surface area contributed by atoms with Crippen molar-refractivity contribution in [2.75, 3.05) is 32.2 Å². The number of fused-ring (bicyclic) bond motifs is 1. The first-order valence-corrected chi connectivity index (χ1v) is 8.37. The lowest BCUT2D eigenvalue weighted by molar-refractivity contribution is 0.106. The molecule has 0 aliphatic carbocycles. The molecule has 136 valence electrons. The molecule has 0 saturated carbocycles. The molecule has 26 heavy (non-hydrogen) atoms. The molecule has 0 radical (unpaired) electrons. The molecule has 2 aromatic heterocycles. The highest BCUT2D eigenvalue weighted by atomic mass is 19.1. The number of aromatic nitrogens is 4. The molecule has 3 heterocycles. The predicted molar refractivity (Wildman–Crippen MR) is 95.0 cm³/mol. The van der Waals surface area contributed by atoms with E-state index in [1.54, 1.807) is 24.1 Å². The number of aryl methyl sites for hydroxylation is 1.